The Balaban J connectivity index is 2.02. The lowest BCUT2D eigenvalue weighted by Crippen LogP contribution is -2.39. The van der Waals surface area contributed by atoms with Crippen LogP contribution in [-0.2, 0) is 6.42 Å². The van der Waals surface area contributed by atoms with E-state index >= 15 is 0 Å². The molecule has 2 atom stereocenters. The molecule has 1 aliphatic rings. The second-order valence-electron chi connectivity index (χ2n) is 4.35. The van der Waals surface area contributed by atoms with Gasteiger partial charge in [0.05, 0.1) is 12.1 Å². The lowest BCUT2D eigenvalue weighted by molar-refractivity contribution is 0.0435. The Labute approximate surface area is 95.5 Å². The summed E-state index contributed by atoms with van der Waals surface area (Å²) in [5, 5.41) is 17.6. The van der Waals surface area contributed by atoms with Crippen molar-refractivity contribution in [2.75, 3.05) is 13.1 Å². The van der Waals surface area contributed by atoms with Crippen LogP contribution in [0, 0.1) is 0 Å². The number of aromatic nitrogens is 2. The monoisotopic (exact) mass is 225 g/mol. The van der Waals surface area contributed by atoms with E-state index in [4.69, 9.17) is 4.42 Å². The van der Waals surface area contributed by atoms with E-state index < -0.39 is 0 Å². The number of β-amino-alcohol motifs (C(OH)–C–C–N with tert-alkyl or cyclic N) is 1. The van der Waals surface area contributed by atoms with Gasteiger partial charge in [0, 0.05) is 13.0 Å². The Kier molecular flexibility index (Phi) is 3.56. The normalized spacial score (nSPS) is 24.6. The van der Waals surface area contributed by atoms with Crippen molar-refractivity contribution in [2.24, 2.45) is 0 Å². The summed E-state index contributed by atoms with van der Waals surface area (Å²) in [5.74, 6) is 1.34. The van der Waals surface area contributed by atoms with Crippen molar-refractivity contribution in [1.29, 1.82) is 0 Å². The number of aryl methyl sites for hydroxylation is 1. The third-order valence-corrected chi connectivity index (χ3v) is 3.12. The molecule has 2 heterocycles. The molecule has 1 saturated heterocycles. The van der Waals surface area contributed by atoms with Crippen molar-refractivity contribution in [3.05, 3.63) is 11.8 Å². The average Bonchev–Trinajstić information content (AvgIpc) is 2.76. The molecule has 0 aliphatic carbocycles. The minimum atomic E-state index is -0.218. The fourth-order valence-electron chi connectivity index (χ4n) is 2.07. The summed E-state index contributed by atoms with van der Waals surface area (Å²) in [7, 11) is 0. The molecule has 0 aromatic carbocycles. The van der Waals surface area contributed by atoms with E-state index in [-0.39, 0.29) is 12.1 Å². The highest BCUT2D eigenvalue weighted by molar-refractivity contribution is 4.90. The molecule has 0 bridgehead atoms. The standard InChI is InChI=1S/C11H19N3O2/c1-3-10-12-13-11(16-10)8(2)14-6-4-5-9(15)7-14/h8-9,15H,3-7H2,1-2H3. The van der Waals surface area contributed by atoms with Gasteiger partial charge in [-0.1, -0.05) is 6.92 Å². The van der Waals surface area contributed by atoms with Crippen LogP contribution in [0.3, 0.4) is 0 Å². The Hall–Kier alpha value is -0.940. The largest absolute Gasteiger partial charge is 0.424 e. The second-order valence-corrected chi connectivity index (χ2v) is 4.35. The molecule has 0 radical (unpaired) electrons. The van der Waals surface area contributed by atoms with E-state index in [0.29, 0.717) is 18.3 Å². The summed E-state index contributed by atoms with van der Waals surface area (Å²) in [6.07, 6.45) is 2.47. The molecular formula is C11H19N3O2. The third kappa shape index (κ3) is 2.41. The number of likely N-dealkylation sites (tertiary alicyclic amines) is 1. The molecule has 1 aromatic rings. The van der Waals surface area contributed by atoms with Crippen LogP contribution in [0.1, 0.15) is 44.5 Å². The maximum atomic E-state index is 9.62. The Bertz CT molecular complexity index is 340. The van der Waals surface area contributed by atoms with E-state index in [1.165, 1.54) is 0 Å². The SMILES string of the molecule is CCc1nnc(C(C)N2CCCC(O)C2)o1. The molecular weight excluding hydrogens is 206 g/mol. The number of hydrogen-bond donors (Lipinski definition) is 1. The molecule has 0 spiro atoms. The molecule has 1 N–H and O–H groups in total. The molecule has 16 heavy (non-hydrogen) atoms. The Morgan fingerprint density at radius 1 is 1.56 bits per heavy atom. The predicted octanol–water partition coefficient (Wildman–Crippen LogP) is 1.15. The smallest absolute Gasteiger partial charge is 0.233 e. The summed E-state index contributed by atoms with van der Waals surface area (Å²) < 4.78 is 5.54. The van der Waals surface area contributed by atoms with Crippen molar-refractivity contribution in [2.45, 2.75) is 45.3 Å². The van der Waals surface area contributed by atoms with Crippen LogP contribution in [0.25, 0.3) is 0 Å². The number of piperidine rings is 1. The van der Waals surface area contributed by atoms with E-state index in [0.717, 1.165) is 25.8 Å². The second kappa shape index (κ2) is 4.93. The molecule has 2 rings (SSSR count). The number of hydrogen-bond acceptors (Lipinski definition) is 5. The van der Waals surface area contributed by atoms with Crippen LogP contribution in [0.4, 0.5) is 0 Å². The zero-order valence-electron chi connectivity index (χ0n) is 9.89. The number of rotatable bonds is 3. The molecule has 5 nitrogen and oxygen atoms in total. The van der Waals surface area contributed by atoms with Gasteiger partial charge >= 0.3 is 0 Å². The van der Waals surface area contributed by atoms with Gasteiger partial charge in [0.1, 0.15) is 0 Å². The number of aliphatic hydroxyl groups is 1. The number of aliphatic hydroxyl groups excluding tert-OH is 1. The highest BCUT2D eigenvalue weighted by atomic mass is 16.4. The van der Waals surface area contributed by atoms with Crippen molar-refractivity contribution in [1.82, 2.24) is 15.1 Å². The van der Waals surface area contributed by atoms with E-state index in [9.17, 15) is 5.11 Å². The van der Waals surface area contributed by atoms with Crippen LogP contribution in [0.2, 0.25) is 0 Å². The molecule has 0 amide bonds. The topological polar surface area (TPSA) is 62.4 Å². The predicted molar refractivity (Wildman–Crippen MR) is 58.9 cm³/mol. The Morgan fingerprint density at radius 2 is 2.38 bits per heavy atom. The molecule has 2 unspecified atom stereocenters. The molecule has 1 aliphatic heterocycles. The van der Waals surface area contributed by atoms with Crippen LogP contribution in [0.15, 0.2) is 4.42 Å². The first-order valence-electron chi connectivity index (χ1n) is 5.95. The zero-order valence-corrected chi connectivity index (χ0v) is 9.89. The summed E-state index contributed by atoms with van der Waals surface area (Å²) in [6.45, 7) is 5.73. The van der Waals surface area contributed by atoms with Crippen molar-refractivity contribution < 1.29 is 9.52 Å². The summed E-state index contributed by atoms with van der Waals surface area (Å²) in [5.41, 5.74) is 0. The van der Waals surface area contributed by atoms with Crippen LogP contribution < -0.4 is 0 Å². The quantitative estimate of drug-likeness (QED) is 0.836. The molecule has 90 valence electrons. The minimum Gasteiger partial charge on any atom is -0.424 e. The Morgan fingerprint density at radius 3 is 3.00 bits per heavy atom. The highest BCUT2D eigenvalue weighted by Gasteiger charge is 2.26. The van der Waals surface area contributed by atoms with Crippen molar-refractivity contribution in [3.8, 4) is 0 Å². The van der Waals surface area contributed by atoms with Crippen LogP contribution >= 0.6 is 0 Å². The maximum Gasteiger partial charge on any atom is 0.233 e. The fourth-order valence-corrected chi connectivity index (χ4v) is 2.07. The summed E-state index contributed by atoms with van der Waals surface area (Å²) in [6, 6.07) is 0.0998. The van der Waals surface area contributed by atoms with Gasteiger partial charge in [-0.25, -0.2) is 0 Å². The van der Waals surface area contributed by atoms with Gasteiger partial charge in [-0.2, -0.15) is 0 Å². The van der Waals surface area contributed by atoms with E-state index in [1.807, 2.05) is 13.8 Å². The highest BCUT2D eigenvalue weighted by Crippen LogP contribution is 2.23. The molecule has 0 saturated carbocycles. The molecule has 1 aromatic heterocycles. The number of nitrogens with zero attached hydrogens (tertiary/aromatic N) is 3. The van der Waals surface area contributed by atoms with Gasteiger partial charge in [0.15, 0.2) is 0 Å². The first-order chi connectivity index (χ1) is 7.70. The summed E-state index contributed by atoms with van der Waals surface area (Å²) in [4.78, 5) is 2.20. The van der Waals surface area contributed by atoms with Gasteiger partial charge in [-0.15, -0.1) is 10.2 Å². The van der Waals surface area contributed by atoms with Gasteiger partial charge in [0.2, 0.25) is 11.8 Å². The molecule has 1 fully saturated rings. The first kappa shape index (κ1) is 11.5. The van der Waals surface area contributed by atoms with Gasteiger partial charge in [-0.3, -0.25) is 4.90 Å². The van der Waals surface area contributed by atoms with E-state index in [2.05, 4.69) is 15.1 Å². The maximum absolute atomic E-state index is 9.62. The average molecular weight is 225 g/mol. The van der Waals surface area contributed by atoms with Gasteiger partial charge < -0.3 is 9.52 Å². The lowest BCUT2D eigenvalue weighted by atomic mass is 10.1. The fraction of sp³-hybridized carbons (Fsp3) is 0.818. The summed E-state index contributed by atoms with van der Waals surface area (Å²) >= 11 is 0. The zero-order chi connectivity index (χ0) is 11.5. The molecule has 5 heteroatoms. The van der Waals surface area contributed by atoms with Crippen molar-refractivity contribution in [3.63, 3.8) is 0 Å². The van der Waals surface area contributed by atoms with Gasteiger partial charge in [-0.05, 0) is 26.3 Å². The first-order valence-corrected chi connectivity index (χ1v) is 5.95. The van der Waals surface area contributed by atoms with Crippen LogP contribution in [0.5, 0.6) is 0 Å². The third-order valence-electron chi connectivity index (χ3n) is 3.12. The van der Waals surface area contributed by atoms with Gasteiger partial charge in [0.25, 0.3) is 0 Å². The van der Waals surface area contributed by atoms with Crippen molar-refractivity contribution >= 4 is 0 Å². The van der Waals surface area contributed by atoms with Crippen LogP contribution in [-0.4, -0.2) is 39.4 Å². The van der Waals surface area contributed by atoms with E-state index in [1.54, 1.807) is 0 Å². The minimum absolute atomic E-state index is 0.0998. The lowest BCUT2D eigenvalue weighted by Gasteiger charge is -2.33.